The van der Waals surface area contributed by atoms with Crippen molar-refractivity contribution >= 4 is 39.4 Å². The van der Waals surface area contributed by atoms with Gasteiger partial charge >= 0.3 is 6.03 Å². The summed E-state index contributed by atoms with van der Waals surface area (Å²) in [6, 6.07) is -4.36. The molecule has 13 heteroatoms. The summed E-state index contributed by atoms with van der Waals surface area (Å²) in [7, 11) is -3.54. The maximum absolute atomic E-state index is 14.0. The fourth-order valence-electron chi connectivity index (χ4n) is 4.94. The standard InChI is InChI=1S/C29H51N5O7S/c1-16(2)20(15-42(40,41)29(7,8)9)32-27(39)33-23(28(4,5)6)26(38)34-14-17(3)12-21(34)25(37)31-19(13-18-10-11-18)22(35)24(30)36/h16-21,23H,10-15H2,1-9H3,(H2,30,36)(H,31,37)(H2,32,33,39)/t17-,19?,20-,21+,23-/m1/s1. The average molecular weight is 614 g/mol. The first-order chi connectivity index (χ1) is 19.0. The van der Waals surface area contributed by atoms with Gasteiger partial charge in [0.25, 0.3) is 5.91 Å². The highest BCUT2D eigenvalue weighted by molar-refractivity contribution is 7.92. The van der Waals surface area contributed by atoms with Crippen molar-refractivity contribution in [2.75, 3.05) is 12.3 Å². The molecule has 2 rings (SSSR count). The lowest BCUT2D eigenvalue weighted by atomic mass is 9.85. The third kappa shape index (κ3) is 9.40. The van der Waals surface area contributed by atoms with Crippen molar-refractivity contribution in [2.45, 2.75) is 117 Å². The SMILES string of the molecule is CC(C)[C@@H](CS(=O)(=O)C(C)(C)C)NC(=O)N[C@H](C(=O)N1C[C@H](C)C[C@H]1C(=O)NC(CC1CC1)C(=O)C(N)=O)C(C)(C)C. The van der Waals surface area contributed by atoms with Gasteiger partial charge in [0.2, 0.25) is 17.6 Å². The van der Waals surface area contributed by atoms with Crippen LogP contribution in [0.1, 0.15) is 88.0 Å². The Morgan fingerprint density at radius 3 is 1.98 bits per heavy atom. The highest BCUT2D eigenvalue weighted by Crippen LogP contribution is 2.34. The van der Waals surface area contributed by atoms with Crippen LogP contribution in [0.15, 0.2) is 0 Å². The lowest BCUT2D eigenvalue weighted by molar-refractivity contribution is -0.143. The number of nitrogens with one attached hydrogen (secondary N) is 3. The summed E-state index contributed by atoms with van der Waals surface area (Å²) >= 11 is 0. The van der Waals surface area contributed by atoms with Crippen LogP contribution < -0.4 is 21.7 Å². The number of carbonyl (C=O) groups is 5. The fourth-order valence-corrected chi connectivity index (χ4v) is 6.38. The summed E-state index contributed by atoms with van der Waals surface area (Å²) in [4.78, 5) is 66.0. The first kappa shape index (κ1) is 35.5. The number of hydrogen-bond acceptors (Lipinski definition) is 7. The number of carbonyl (C=O) groups excluding carboxylic acids is 5. The monoisotopic (exact) mass is 613 g/mol. The largest absolute Gasteiger partial charge is 0.363 e. The summed E-state index contributed by atoms with van der Waals surface area (Å²) in [5.74, 6) is -3.24. The average Bonchev–Trinajstić information content (AvgIpc) is 3.56. The van der Waals surface area contributed by atoms with Crippen LogP contribution in [0.3, 0.4) is 0 Å². The van der Waals surface area contributed by atoms with E-state index in [1.165, 1.54) is 4.90 Å². The number of nitrogens with two attached hydrogens (primary N) is 1. The van der Waals surface area contributed by atoms with Crippen LogP contribution in [0.25, 0.3) is 0 Å². The Balaban J connectivity index is 2.23. The van der Waals surface area contributed by atoms with Gasteiger partial charge in [0.05, 0.1) is 16.5 Å². The van der Waals surface area contributed by atoms with Crippen LogP contribution in [-0.4, -0.2) is 84.1 Å². The molecule has 1 saturated carbocycles. The zero-order valence-corrected chi connectivity index (χ0v) is 27.4. The van der Waals surface area contributed by atoms with Gasteiger partial charge in [-0.3, -0.25) is 19.2 Å². The number of nitrogens with zero attached hydrogens (tertiary/aromatic N) is 1. The Morgan fingerprint density at radius 2 is 1.52 bits per heavy atom. The van der Waals surface area contributed by atoms with Crippen LogP contribution in [0, 0.1) is 23.2 Å². The van der Waals surface area contributed by atoms with Gasteiger partial charge in [0.15, 0.2) is 9.84 Å². The van der Waals surface area contributed by atoms with Gasteiger partial charge in [0.1, 0.15) is 12.1 Å². The third-order valence-electron chi connectivity index (χ3n) is 8.08. The number of urea groups is 1. The van der Waals surface area contributed by atoms with Crippen molar-refractivity contribution in [1.82, 2.24) is 20.9 Å². The maximum atomic E-state index is 14.0. The van der Waals surface area contributed by atoms with Crippen LogP contribution in [0.4, 0.5) is 4.79 Å². The van der Waals surface area contributed by atoms with E-state index >= 15 is 0 Å². The summed E-state index contributed by atoms with van der Waals surface area (Å²) in [6.45, 7) is 16.0. The molecule has 0 aromatic carbocycles. The number of likely N-dealkylation sites (tertiary alicyclic amines) is 1. The molecule has 0 bridgehead atoms. The van der Waals surface area contributed by atoms with Crippen LogP contribution >= 0.6 is 0 Å². The van der Waals surface area contributed by atoms with Gasteiger partial charge in [0, 0.05) is 12.6 Å². The summed E-state index contributed by atoms with van der Waals surface area (Å²) in [5, 5.41) is 8.16. The molecule has 12 nitrogen and oxygen atoms in total. The molecule has 1 heterocycles. The quantitative estimate of drug-likeness (QED) is 0.240. The van der Waals surface area contributed by atoms with Gasteiger partial charge in [-0.15, -0.1) is 0 Å². The normalized spacial score (nSPS) is 21.8. The number of Topliss-reactive ketones (excluding diaryl/α,β-unsaturated/α-hetero) is 1. The molecule has 240 valence electrons. The van der Waals surface area contributed by atoms with Crippen molar-refractivity contribution in [3.63, 3.8) is 0 Å². The number of ketones is 1. The summed E-state index contributed by atoms with van der Waals surface area (Å²) in [6.07, 6.45) is 2.48. The van der Waals surface area contributed by atoms with Crippen molar-refractivity contribution in [3.8, 4) is 0 Å². The molecule has 2 aliphatic rings. The first-order valence-electron chi connectivity index (χ1n) is 14.8. The van der Waals surface area contributed by atoms with E-state index in [1.54, 1.807) is 41.5 Å². The number of hydrogen-bond donors (Lipinski definition) is 4. The van der Waals surface area contributed by atoms with Gasteiger partial charge in [-0.25, -0.2) is 13.2 Å². The molecule has 0 aromatic rings. The van der Waals surface area contributed by atoms with Gasteiger partial charge in [-0.2, -0.15) is 0 Å². The molecule has 5 N–H and O–H groups in total. The van der Waals surface area contributed by atoms with E-state index in [-0.39, 0.29) is 30.1 Å². The van der Waals surface area contributed by atoms with Crippen LogP contribution in [-0.2, 0) is 29.0 Å². The van der Waals surface area contributed by atoms with Crippen molar-refractivity contribution in [3.05, 3.63) is 0 Å². The highest BCUT2D eigenvalue weighted by atomic mass is 32.2. The molecular weight excluding hydrogens is 562 g/mol. The van der Waals surface area contributed by atoms with E-state index in [9.17, 15) is 32.4 Å². The van der Waals surface area contributed by atoms with Crippen LogP contribution in [0.2, 0.25) is 0 Å². The third-order valence-corrected chi connectivity index (χ3v) is 10.7. The molecule has 1 aliphatic carbocycles. The Bertz CT molecular complexity index is 1150. The minimum Gasteiger partial charge on any atom is -0.363 e. The molecule has 0 spiro atoms. The van der Waals surface area contributed by atoms with E-state index in [4.69, 9.17) is 5.73 Å². The molecule has 1 aliphatic heterocycles. The second-order valence-electron chi connectivity index (χ2n) is 14.5. The Kier molecular flexibility index (Phi) is 11.2. The van der Waals surface area contributed by atoms with Crippen LogP contribution in [0.5, 0.6) is 0 Å². The highest BCUT2D eigenvalue weighted by Gasteiger charge is 2.45. The second-order valence-corrected chi connectivity index (χ2v) is 17.3. The summed E-state index contributed by atoms with van der Waals surface area (Å²) in [5.41, 5.74) is 4.46. The lowest BCUT2D eigenvalue weighted by Crippen LogP contribution is -2.61. The summed E-state index contributed by atoms with van der Waals surface area (Å²) < 4.78 is 24.7. The molecular formula is C29H51N5O7S. The first-order valence-corrected chi connectivity index (χ1v) is 16.4. The van der Waals surface area contributed by atoms with Gasteiger partial charge < -0.3 is 26.6 Å². The van der Waals surface area contributed by atoms with Gasteiger partial charge in [-0.1, -0.05) is 54.4 Å². The van der Waals surface area contributed by atoms with E-state index < -0.39 is 73.7 Å². The van der Waals surface area contributed by atoms with E-state index in [0.717, 1.165) is 12.8 Å². The maximum Gasteiger partial charge on any atom is 0.315 e. The molecule has 5 amide bonds. The second kappa shape index (κ2) is 13.3. The van der Waals surface area contributed by atoms with E-state index in [0.29, 0.717) is 12.8 Å². The van der Waals surface area contributed by atoms with Crippen molar-refractivity contribution < 1.29 is 32.4 Å². The Hall–Kier alpha value is -2.70. The predicted molar refractivity (Wildman–Crippen MR) is 160 cm³/mol. The zero-order chi connectivity index (χ0) is 32.4. The zero-order valence-electron chi connectivity index (χ0n) is 26.6. The Morgan fingerprint density at radius 1 is 0.952 bits per heavy atom. The smallest absolute Gasteiger partial charge is 0.315 e. The number of amides is 5. The Labute approximate surface area is 250 Å². The molecule has 0 aromatic heterocycles. The van der Waals surface area contributed by atoms with Crippen molar-refractivity contribution in [1.29, 1.82) is 0 Å². The molecule has 0 radical (unpaired) electrons. The number of primary amides is 1. The molecule has 42 heavy (non-hydrogen) atoms. The number of rotatable bonds is 12. The van der Waals surface area contributed by atoms with Crippen molar-refractivity contribution in [2.24, 2.45) is 28.9 Å². The molecule has 1 saturated heterocycles. The minimum atomic E-state index is -3.54. The minimum absolute atomic E-state index is 0.0270. The van der Waals surface area contributed by atoms with E-state index in [2.05, 4.69) is 16.0 Å². The van der Waals surface area contributed by atoms with Gasteiger partial charge in [-0.05, 0) is 56.8 Å². The topological polar surface area (TPSA) is 185 Å². The number of sulfone groups is 1. The molecule has 5 atom stereocenters. The molecule has 1 unspecified atom stereocenters. The fraction of sp³-hybridized carbons (Fsp3) is 0.828. The predicted octanol–water partition coefficient (Wildman–Crippen LogP) is 1.51. The lowest BCUT2D eigenvalue weighted by Gasteiger charge is -2.36. The van der Waals surface area contributed by atoms with E-state index in [1.807, 2.05) is 20.8 Å². The molecule has 2 fully saturated rings.